The number of hydrogen-bond donors (Lipinski definition) is 1. The number of aromatic amines is 1. The summed E-state index contributed by atoms with van der Waals surface area (Å²) in [4.78, 5) is 8.95. The van der Waals surface area contributed by atoms with Gasteiger partial charge in [-0.15, -0.1) is 5.10 Å². The van der Waals surface area contributed by atoms with Crippen LogP contribution in [0.15, 0.2) is 29.4 Å². The van der Waals surface area contributed by atoms with Gasteiger partial charge >= 0.3 is 6.18 Å². The summed E-state index contributed by atoms with van der Waals surface area (Å²) in [5.74, 6) is 0.668. The lowest BCUT2D eigenvalue weighted by molar-refractivity contribution is -0.132. The molecule has 0 spiro atoms. The first kappa shape index (κ1) is 16.6. The first-order chi connectivity index (χ1) is 12.5. The Bertz CT molecular complexity index is 969. The van der Waals surface area contributed by atoms with Crippen LogP contribution in [-0.2, 0) is 6.54 Å². The van der Waals surface area contributed by atoms with E-state index in [0.717, 1.165) is 27.7 Å². The van der Waals surface area contributed by atoms with E-state index in [0.29, 0.717) is 12.4 Å². The number of nitrogens with one attached hydrogen (secondary N) is 1. The molecule has 0 atom stereocenters. The summed E-state index contributed by atoms with van der Waals surface area (Å²) in [6, 6.07) is 5.82. The number of hydrogen-bond acceptors (Lipinski definition) is 4. The second kappa shape index (κ2) is 6.15. The van der Waals surface area contributed by atoms with Crippen LogP contribution in [0.3, 0.4) is 0 Å². The number of alkyl halides is 3. The van der Waals surface area contributed by atoms with Gasteiger partial charge in [0, 0.05) is 36.6 Å². The number of halogens is 3. The van der Waals surface area contributed by atoms with Crippen LogP contribution in [0.5, 0.6) is 0 Å². The van der Waals surface area contributed by atoms with Gasteiger partial charge in [-0.25, -0.2) is 4.68 Å². The Hall–Kier alpha value is -2.84. The van der Waals surface area contributed by atoms with Crippen molar-refractivity contribution in [3.8, 4) is 11.1 Å². The molecule has 0 amide bonds. The van der Waals surface area contributed by atoms with Crippen molar-refractivity contribution in [2.75, 3.05) is 18.1 Å². The second-order valence-corrected chi connectivity index (χ2v) is 6.16. The van der Waals surface area contributed by atoms with Gasteiger partial charge in [-0.3, -0.25) is 4.99 Å². The van der Waals surface area contributed by atoms with Gasteiger partial charge in [0.15, 0.2) is 0 Å². The van der Waals surface area contributed by atoms with Crippen LogP contribution in [0, 0.1) is 0 Å². The lowest BCUT2D eigenvalue weighted by Crippen LogP contribution is -2.31. The number of aromatic nitrogens is 4. The van der Waals surface area contributed by atoms with Crippen LogP contribution in [0.25, 0.3) is 22.2 Å². The van der Waals surface area contributed by atoms with Gasteiger partial charge in [-0.2, -0.15) is 13.2 Å². The highest BCUT2D eigenvalue weighted by Gasteiger charge is 2.29. The topological polar surface area (TPSA) is 62.1 Å². The van der Waals surface area contributed by atoms with Crippen molar-refractivity contribution >= 4 is 23.1 Å². The van der Waals surface area contributed by atoms with Crippen molar-refractivity contribution in [2.45, 2.75) is 26.1 Å². The second-order valence-electron chi connectivity index (χ2n) is 6.16. The molecule has 26 heavy (non-hydrogen) atoms. The van der Waals surface area contributed by atoms with Crippen molar-refractivity contribution in [2.24, 2.45) is 4.99 Å². The zero-order valence-corrected chi connectivity index (χ0v) is 14.1. The Kier molecular flexibility index (Phi) is 3.93. The maximum Gasteiger partial charge on any atom is 0.390 e. The van der Waals surface area contributed by atoms with Gasteiger partial charge in [0.1, 0.15) is 18.0 Å². The van der Waals surface area contributed by atoms with Gasteiger partial charge in [-0.1, -0.05) is 11.3 Å². The molecule has 3 aromatic rings. The molecule has 1 N–H and O–H groups in total. The van der Waals surface area contributed by atoms with Crippen molar-refractivity contribution in [3.63, 3.8) is 0 Å². The summed E-state index contributed by atoms with van der Waals surface area (Å²) >= 11 is 0. The maximum absolute atomic E-state index is 12.6. The van der Waals surface area contributed by atoms with E-state index in [4.69, 9.17) is 0 Å². The Morgan fingerprint density at radius 3 is 2.88 bits per heavy atom. The highest BCUT2D eigenvalue weighted by Crippen LogP contribution is 2.34. The quantitative estimate of drug-likeness (QED) is 0.771. The fraction of sp³-hybridized carbons (Fsp3) is 0.353. The normalized spacial score (nSPS) is 14.2. The average Bonchev–Trinajstić information content (AvgIpc) is 3.22. The summed E-state index contributed by atoms with van der Waals surface area (Å²) < 4.78 is 39.5. The fourth-order valence-corrected chi connectivity index (χ4v) is 3.17. The van der Waals surface area contributed by atoms with Crippen LogP contribution in [0.2, 0.25) is 0 Å². The van der Waals surface area contributed by atoms with E-state index in [2.05, 4.69) is 20.3 Å². The zero-order valence-electron chi connectivity index (χ0n) is 14.1. The SMILES string of the molecule is CCn1nnc2ccc(-c3c[nH]c4c3C=NCN4CCC(F)(F)F)cc21. The van der Waals surface area contributed by atoms with Crippen molar-refractivity contribution in [1.29, 1.82) is 0 Å². The standard InChI is InChI=1S/C17H17F3N6/c1-2-26-15-7-11(3-4-14(15)23-24-26)12-9-22-16-13(12)8-21-10-25(16)6-5-17(18,19)20/h3-4,7-9,22H,2,5-6,10H2,1H3. The molecule has 9 heteroatoms. The van der Waals surface area contributed by atoms with Crippen LogP contribution < -0.4 is 4.90 Å². The van der Waals surface area contributed by atoms with Gasteiger partial charge in [0.25, 0.3) is 0 Å². The van der Waals surface area contributed by atoms with E-state index in [1.54, 1.807) is 11.1 Å². The first-order valence-corrected chi connectivity index (χ1v) is 8.33. The monoisotopic (exact) mass is 362 g/mol. The number of rotatable bonds is 4. The lowest BCUT2D eigenvalue weighted by atomic mass is 10.0. The van der Waals surface area contributed by atoms with E-state index in [-0.39, 0.29) is 13.2 Å². The minimum Gasteiger partial charge on any atom is -0.347 e. The lowest BCUT2D eigenvalue weighted by Gasteiger charge is -2.25. The molecule has 0 bridgehead atoms. The summed E-state index contributed by atoms with van der Waals surface area (Å²) in [5, 5.41) is 8.22. The third kappa shape index (κ3) is 2.93. The third-order valence-electron chi connectivity index (χ3n) is 4.48. The molecule has 1 aliphatic rings. The molecule has 0 fully saturated rings. The van der Waals surface area contributed by atoms with E-state index in [9.17, 15) is 13.2 Å². The number of nitrogens with zero attached hydrogens (tertiary/aromatic N) is 5. The average molecular weight is 362 g/mol. The van der Waals surface area contributed by atoms with E-state index < -0.39 is 12.6 Å². The Balaban J connectivity index is 1.69. The number of benzene rings is 1. The van der Waals surface area contributed by atoms with E-state index in [1.165, 1.54) is 0 Å². The summed E-state index contributed by atoms with van der Waals surface area (Å²) in [6.45, 7) is 2.79. The summed E-state index contributed by atoms with van der Waals surface area (Å²) in [6.07, 6.45) is -1.54. The molecule has 0 radical (unpaired) electrons. The molecule has 6 nitrogen and oxygen atoms in total. The maximum atomic E-state index is 12.6. The van der Waals surface area contributed by atoms with Gasteiger partial charge < -0.3 is 9.88 Å². The molecule has 1 aliphatic heterocycles. The number of anilines is 1. The van der Waals surface area contributed by atoms with Crippen molar-refractivity contribution in [3.05, 3.63) is 30.0 Å². The predicted molar refractivity (Wildman–Crippen MR) is 93.5 cm³/mol. The first-order valence-electron chi connectivity index (χ1n) is 8.33. The smallest absolute Gasteiger partial charge is 0.347 e. The van der Waals surface area contributed by atoms with Crippen LogP contribution in [0.4, 0.5) is 19.0 Å². The summed E-state index contributed by atoms with van der Waals surface area (Å²) in [7, 11) is 0. The number of aliphatic imine (C=N–C) groups is 1. The van der Waals surface area contributed by atoms with Crippen LogP contribution in [-0.4, -0.2) is 45.6 Å². The van der Waals surface area contributed by atoms with Gasteiger partial charge in [0.05, 0.1) is 11.9 Å². The minimum atomic E-state index is -4.19. The summed E-state index contributed by atoms with van der Waals surface area (Å²) in [5.41, 5.74) is 4.36. The third-order valence-corrected chi connectivity index (χ3v) is 4.48. The molecule has 1 aromatic carbocycles. The molecule has 0 aliphatic carbocycles. The molecule has 0 saturated carbocycles. The Morgan fingerprint density at radius 1 is 1.27 bits per heavy atom. The molecule has 3 heterocycles. The highest BCUT2D eigenvalue weighted by molar-refractivity contribution is 5.98. The van der Waals surface area contributed by atoms with E-state index >= 15 is 0 Å². The van der Waals surface area contributed by atoms with Crippen molar-refractivity contribution in [1.82, 2.24) is 20.0 Å². The molecule has 136 valence electrons. The van der Waals surface area contributed by atoms with Gasteiger partial charge in [-0.05, 0) is 24.6 Å². The van der Waals surface area contributed by atoms with Crippen molar-refractivity contribution < 1.29 is 13.2 Å². The number of H-pyrrole nitrogens is 1. The van der Waals surface area contributed by atoms with E-state index in [1.807, 2.05) is 36.0 Å². The van der Waals surface area contributed by atoms with Gasteiger partial charge in [0.2, 0.25) is 0 Å². The molecule has 0 unspecified atom stereocenters. The van der Waals surface area contributed by atoms with Crippen LogP contribution in [0.1, 0.15) is 18.9 Å². The number of aryl methyl sites for hydroxylation is 1. The van der Waals surface area contributed by atoms with Crippen LogP contribution >= 0.6 is 0 Å². The molecular formula is C17H17F3N6. The minimum absolute atomic E-state index is 0.126. The highest BCUT2D eigenvalue weighted by atomic mass is 19.4. The Morgan fingerprint density at radius 2 is 2.12 bits per heavy atom. The predicted octanol–water partition coefficient (Wildman–Crippen LogP) is 3.60. The molecule has 2 aromatic heterocycles. The number of fused-ring (bicyclic) bond motifs is 2. The Labute approximate surface area is 147 Å². The fourth-order valence-electron chi connectivity index (χ4n) is 3.17. The molecule has 0 saturated heterocycles. The zero-order chi connectivity index (χ0) is 18.3. The molecular weight excluding hydrogens is 345 g/mol. The largest absolute Gasteiger partial charge is 0.390 e. The molecule has 4 rings (SSSR count).